The summed E-state index contributed by atoms with van der Waals surface area (Å²) in [6.45, 7) is 3.01. The minimum Gasteiger partial charge on any atom is -0.375 e. The fourth-order valence-electron chi connectivity index (χ4n) is 1.31. The Bertz CT molecular complexity index is 638. The average Bonchev–Trinajstić information content (AvgIpc) is 2.30. The number of alkyl halides is 3. The number of halogens is 4. The van der Waals surface area contributed by atoms with Crippen molar-refractivity contribution in [1.82, 2.24) is 0 Å². The first-order valence-electron chi connectivity index (χ1n) is 5.33. The van der Waals surface area contributed by atoms with E-state index in [-0.39, 0.29) is 17.0 Å². The van der Waals surface area contributed by atoms with E-state index >= 15 is 0 Å². The Kier molecular flexibility index (Phi) is 4.70. The summed E-state index contributed by atoms with van der Waals surface area (Å²) in [6, 6.07) is 2.07. The maximum atomic E-state index is 12.3. The summed E-state index contributed by atoms with van der Waals surface area (Å²) in [5.41, 5.74) is -5.43. The van der Waals surface area contributed by atoms with Gasteiger partial charge in [0.05, 0.1) is 5.56 Å². The van der Waals surface area contributed by atoms with Crippen LogP contribution in [0.2, 0.25) is 5.02 Å². The quantitative estimate of drug-likeness (QED) is 0.482. The maximum absolute atomic E-state index is 12.3. The molecule has 0 aliphatic carbocycles. The van der Waals surface area contributed by atoms with Crippen molar-refractivity contribution in [1.29, 1.82) is 0 Å². The Morgan fingerprint density at radius 2 is 1.90 bits per heavy atom. The predicted octanol–water partition coefficient (Wildman–Crippen LogP) is 3.47. The van der Waals surface area contributed by atoms with Gasteiger partial charge in [-0.05, 0) is 18.6 Å². The van der Waals surface area contributed by atoms with Crippen LogP contribution >= 0.6 is 11.6 Å². The lowest BCUT2D eigenvalue weighted by molar-refractivity contribution is -0.0500. The van der Waals surface area contributed by atoms with E-state index in [1.54, 1.807) is 0 Å². The van der Waals surface area contributed by atoms with Crippen molar-refractivity contribution in [3.8, 4) is 5.75 Å². The van der Waals surface area contributed by atoms with Gasteiger partial charge in [-0.25, -0.2) is 0 Å². The molecule has 0 atom stereocenters. The van der Waals surface area contributed by atoms with Crippen LogP contribution in [0.25, 0.3) is 0 Å². The fraction of sp³-hybridized carbons (Fsp3) is 0.364. The first kappa shape index (κ1) is 16.8. The molecule has 0 bridgehead atoms. The second kappa shape index (κ2) is 5.61. The smallest absolute Gasteiger partial charge is 0.375 e. The molecule has 0 radical (unpaired) electrons. The number of Topliss-reactive ketones (excluding diaryl/α,β-unsaturated/α-hetero) is 1. The molecular weight excluding hydrogens is 321 g/mol. The van der Waals surface area contributed by atoms with Crippen LogP contribution in [0.15, 0.2) is 12.1 Å². The van der Waals surface area contributed by atoms with Crippen molar-refractivity contribution in [2.24, 2.45) is 0 Å². The maximum Gasteiger partial charge on any atom is 0.534 e. The highest BCUT2D eigenvalue weighted by Crippen LogP contribution is 2.32. The zero-order chi connectivity index (χ0) is 15.7. The molecule has 0 aliphatic heterocycles. The molecule has 0 amide bonds. The van der Waals surface area contributed by atoms with E-state index in [0.29, 0.717) is 5.56 Å². The lowest BCUT2D eigenvalue weighted by Gasteiger charge is -2.13. The Hall–Kier alpha value is -1.28. The number of carbonyl (C=O) groups excluding carboxylic acids is 1. The van der Waals surface area contributed by atoms with Gasteiger partial charge in [0, 0.05) is 17.5 Å². The molecule has 0 unspecified atom stereocenters. The van der Waals surface area contributed by atoms with Crippen LogP contribution in [0.5, 0.6) is 5.75 Å². The van der Waals surface area contributed by atoms with Gasteiger partial charge in [-0.15, -0.1) is 0 Å². The molecule has 0 heterocycles. The van der Waals surface area contributed by atoms with E-state index in [0.717, 1.165) is 6.07 Å². The zero-order valence-corrected chi connectivity index (χ0v) is 12.0. The van der Waals surface area contributed by atoms with E-state index in [1.165, 1.54) is 19.9 Å². The van der Waals surface area contributed by atoms with Gasteiger partial charge in [-0.2, -0.15) is 21.6 Å². The topological polar surface area (TPSA) is 60.4 Å². The highest BCUT2D eigenvalue weighted by molar-refractivity contribution is 7.88. The van der Waals surface area contributed by atoms with Crippen LogP contribution in [0, 0.1) is 6.92 Å². The molecule has 0 spiro atoms. The van der Waals surface area contributed by atoms with E-state index in [1.807, 2.05) is 0 Å². The van der Waals surface area contributed by atoms with E-state index in [4.69, 9.17) is 11.6 Å². The van der Waals surface area contributed by atoms with E-state index < -0.39 is 27.2 Å². The van der Waals surface area contributed by atoms with E-state index in [2.05, 4.69) is 4.18 Å². The number of hydrogen-bond acceptors (Lipinski definition) is 4. The van der Waals surface area contributed by atoms with Crippen molar-refractivity contribution >= 4 is 27.5 Å². The lowest BCUT2D eigenvalue weighted by Crippen LogP contribution is -2.28. The van der Waals surface area contributed by atoms with Crippen LogP contribution in [-0.4, -0.2) is 19.7 Å². The molecule has 0 aliphatic rings. The van der Waals surface area contributed by atoms with Gasteiger partial charge in [0.25, 0.3) is 0 Å². The number of benzene rings is 1. The fourth-order valence-corrected chi connectivity index (χ4v) is 1.93. The first-order chi connectivity index (χ1) is 8.99. The van der Waals surface area contributed by atoms with Crippen molar-refractivity contribution in [3.63, 3.8) is 0 Å². The summed E-state index contributed by atoms with van der Waals surface area (Å²) in [4.78, 5) is 11.6. The third kappa shape index (κ3) is 3.43. The molecule has 9 heteroatoms. The van der Waals surface area contributed by atoms with Crippen LogP contribution in [-0.2, 0) is 10.1 Å². The molecule has 20 heavy (non-hydrogen) atoms. The average molecular weight is 331 g/mol. The van der Waals surface area contributed by atoms with Crippen LogP contribution < -0.4 is 4.18 Å². The Morgan fingerprint density at radius 1 is 1.35 bits per heavy atom. The highest BCUT2D eigenvalue weighted by Gasteiger charge is 2.49. The standard InChI is InChI=1S/C11H10ClF3O4S/c1-3-9(16)7-4-6(2)8(12)5-10(7)19-20(17,18)11(13,14)15/h4-5H,3H2,1-2H3. The Labute approximate surface area is 118 Å². The largest absolute Gasteiger partial charge is 0.534 e. The van der Waals surface area contributed by atoms with Crippen LogP contribution in [0.1, 0.15) is 29.3 Å². The van der Waals surface area contributed by atoms with E-state index in [9.17, 15) is 26.4 Å². The summed E-state index contributed by atoms with van der Waals surface area (Å²) >= 11 is 5.71. The van der Waals surface area contributed by atoms with Crippen LogP contribution in [0.3, 0.4) is 0 Å². The monoisotopic (exact) mass is 330 g/mol. The molecule has 0 saturated heterocycles. The molecule has 1 aromatic carbocycles. The predicted molar refractivity (Wildman–Crippen MR) is 66.4 cm³/mol. The van der Waals surface area contributed by atoms with Crippen LogP contribution in [0.4, 0.5) is 13.2 Å². The Balaban J connectivity index is 3.38. The van der Waals surface area contributed by atoms with Gasteiger partial charge in [-0.1, -0.05) is 18.5 Å². The van der Waals surface area contributed by atoms with Gasteiger partial charge in [0.1, 0.15) is 0 Å². The highest BCUT2D eigenvalue weighted by atomic mass is 35.5. The molecule has 1 aromatic rings. The summed E-state index contributed by atoms with van der Waals surface area (Å²) in [5.74, 6) is -1.29. The van der Waals surface area contributed by atoms with Crippen molar-refractivity contribution in [2.45, 2.75) is 25.8 Å². The molecule has 0 fully saturated rings. The lowest BCUT2D eigenvalue weighted by atomic mass is 10.1. The SMILES string of the molecule is CCC(=O)c1cc(C)c(Cl)cc1OS(=O)(=O)C(F)(F)F. The second-order valence-corrected chi connectivity index (χ2v) is 5.80. The minimum atomic E-state index is -5.86. The molecule has 4 nitrogen and oxygen atoms in total. The number of aryl methyl sites for hydroxylation is 1. The van der Waals surface area contributed by atoms with Crippen molar-refractivity contribution in [3.05, 3.63) is 28.3 Å². The summed E-state index contributed by atoms with van der Waals surface area (Å²) in [6.07, 6.45) is -0.0243. The number of hydrogen-bond donors (Lipinski definition) is 0. The third-order valence-electron chi connectivity index (χ3n) is 2.37. The van der Waals surface area contributed by atoms with Gasteiger partial charge < -0.3 is 4.18 Å². The molecular formula is C11H10ClF3O4S. The van der Waals surface area contributed by atoms with Gasteiger partial charge in [0.15, 0.2) is 11.5 Å². The zero-order valence-electron chi connectivity index (χ0n) is 10.4. The van der Waals surface area contributed by atoms with Crippen molar-refractivity contribution in [2.75, 3.05) is 0 Å². The third-order valence-corrected chi connectivity index (χ3v) is 3.74. The van der Waals surface area contributed by atoms with Gasteiger partial charge in [0.2, 0.25) is 0 Å². The number of ketones is 1. The number of carbonyl (C=O) groups is 1. The minimum absolute atomic E-state index is 0.00923. The Morgan fingerprint density at radius 3 is 2.35 bits per heavy atom. The molecule has 112 valence electrons. The molecule has 0 saturated carbocycles. The summed E-state index contributed by atoms with van der Waals surface area (Å²) < 4.78 is 62.8. The normalized spacial score (nSPS) is 12.3. The van der Waals surface area contributed by atoms with Gasteiger partial charge in [-0.3, -0.25) is 4.79 Å². The van der Waals surface area contributed by atoms with Crippen molar-refractivity contribution < 1.29 is 30.6 Å². The molecule has 0 aromatic heterocycles. The molecule has 0 N–H and O–H groups in total. The first-order valence-corrected chi connectivity index (χ1v) is 7.12. The molecule has 1 rings (SSSR count). The number of rotatable bonds is 4. The summed E-state index contributed by atoms with van der Waals surface area (Å²) in [7, 11) is -5.86. The summed E-state index contributed by atoms with van der Waals surface area (Å²) in [5, 5.41) is -0.00923. The van der Waals surface area contributed by atoms with Gasteiger partial charge >= 0.3 is 15.6 Å². The second-order valence-electron chi connectivity index (χ2n) is 3.86.